The minimum Gasteiger partial charge on any atom is -0.382 e. The van der Waals surface area contributed by atoms with Gasteiger partial charge in [-0.15, -0.1) is 0 Å². The van der Waals surface area contributed by atoms with Gasteiger partial charge < -0.3 is 15.0 Å². The lowest BCUT2D eigenvalue weighted by Crippen LogP contribution is -2.48. The van der Waals surface area contributed by atoms with Crippen molar-refractivity contribution in [2.45, 2.75) is 39.3 Å². The molecule has 0 saturated carbocycles. The SMILES string of the molecule is CCOCCCNC(=O)[C@@H](C)N(Cc1ccccc1)C(=O)Cc1ccccc1. The molecule has 5 nitrogen and oxygen atoms in total. The minimum atomic E-state index is -0.552. The van der Waals surface area contributed by atoms with Crippen LogP contribution in [0.1, 0.15) is 31.4 Å². The Kier molecular flexibility index (Phi) is 9.22. The van der Waals surface area contributed by atoms with Crippen LogP contribution >= 0.6 is 0 Å². The number of nitrogens with zero attached hydrogens (tertiary/aromatic N) is 1. The van der Waals surface area contributed by atoms with E-state index in [1.54, 1.807) is 11.8 Å². The fraction of sp³-hybridized carbons (Fsp3) is 0.391. The number of benzene rings is 2. The molecule has 2 amide bonds. The highest BCUT2D eigenvalue weighted by Crippen LogP contribution is 2.12. The van der Waals surface area contributed by atoms with Crippen molar-refractivity contribution in [2.24, 2.45) is 0 Å². The van der Waals surface area contributed by atoms with Gasteiger partial charge in [0.2, 0.25) is 11.8 Å². The Morgan fingerprint density at radius 3 is 2.21 bits per heavy atom. The van der Waals surface area contributed by atoms with E-state index in [0.717, 1.165) is 17.5 Å². The average Bonchev–Trinajstić information content (AvgIpc) is 2.72. The third kappa shape index (κ3) is 7.16. The van der Waals surface area contributed by atoms with E-state index >= 15 is 0 Å². The lowest BCUT2D eigenvalue weighted by molar-refractivity contribution is -0.140. The molecule has 0 bridgehead atoms. The van der Waals surface area contributed by atoms with E-state index in [1.165, 1.54) is 0 Å². The Morgan fingerprint density at radius 1 is 1.00 bits per heavy atom. The number of hydrogen-bond donors (Lipinski definition) is 1. The van der Waals surface area contributed by atoms with Gasteiger partial charge in [-0.1, -0.05) is 60.7 Å². The second kappa shape index (κ2) is 11.9. The Bertz CT molecular complexity index is 719. The highest BCUT2D eigenvalue weighted by Gasteiger charge is 2.25. The van der Waals surface area contributed by atoms with E-state index in [2.05, 4.69) is 5.32 Å². The van der Waals surface area contributed by atoms with Crippen LogP contribution in [0.3, 0.4) is 0 Å². The second-order valence-corrected chi connectivity index (χ2v) is 6.69. The van der Waals surface area contributed by atoms with Gasteiger partial charge in [-0.05, 0) is 31.4 Å². The van der Waals surface area contributed by atoms with Gasteiger partial charge in [0, 0.05) is 26.3 Å². The number of ether oxygens (including phenoxy) is 1. The summed E-state index contributed by atoms with van der Waals surface area (Å²) in [6.45, 7) is 5.95. The molecule has 0 aromatic heterocycles. The van der Waals surface area contributed by atoms with Crippen molar-refractivity contribution in [3.8, 4) is 0 Å². The Labute approximate surface area is 167 Å². The first-order valence-corrected chi connectivity index (χ1v) is 9.84. The number of amides is 2. The molecule has 0 spiro atoms. The summed E-state index contributed by atoms with van der Waals surface area (Å²) in [6.07, 6.45) is 1.03. The van der Waals surface area contributed by atoms with Crippen LogP contribution in [0.15, 0.2) is 60.7 Å². The minimum absolute atomic E-state index is 0.0629. The molecular formula is C23H30N2O3. The first-order valence-electron chi connectivity index (χ1n) is 9.84. The third-order valence-corrected chi connectivity index (χ3v) is 4.53. The summed E-state index contributed by atoms with van der Waals surface area (Å²) in [5.41, 5.74) is 1.94. The van der Waals surface area contributed by atoms with Crippen LogP contribution in [-0.2, 0) is 27.3 Å². The van der Waals surface area contributed by atoms with Crippen molar-refractivity contribution >= 4 is 11.8 Å². The Hall–Kier alpha value is -2.66. The lowest BCUT2D eigenvalue weighted by Gasteiger charge is -2.29. The van der Waals surface area contributed by atoms with Crippen LogP contribution in [0, 0.1) is 0 Å². The topological polar surface area (TPSA) is 58.6 Å². The molecule has 0 aliphatic rings. The first-order chi connectivity index (χ1) is 13.6. The van der Waals surface area contributed by atoms with Crippen LogP contribution in [-0.4, -0.2) is 42.5 Å². The summed E-state index contributed by atoms with van der Waals surface area (Å²) < 4.78 is 5.29. The van der Waals surface area contributed by atoms with E-state index < -0.39 is 6.04 Å². The van der Waals surface area contributed by atoms with Gasteiger partial charge in [-0.25, -0.2) is 0 Å². The average molecular weight is 383 g/mol. The summed E-state index contributed by atoms with van der Waals surface area (Å²) in [6, 6.07) is 18.8. The summed E-state index contributed by atoms with van der Waals surface area (Å²) in [5, 5.41) is 2.91. The molecule has 0 unspecified atom stereocenters. The Balaban J connectivity index is 2.03. The molecule has 28 heavy (non-hydrogen) atoms. The van der Waals surface area contributed by atoms with Crippen LogP contribution in [0.5, 0.6) is 0 Å². The van der Waals surface area contributed by atoms with Crippen molar-refractivity contribution in [3.63, 3.8) is 0 Å². The predicted molar refractivity (Wildman–Crippen MR) is 111 cm³/mol. The van der Waals surface area contributed by atoms with Gasteiger partial charge in [-0.2, -0.15) is 0 Å². The number of carbonyl (C=O) groups is 2. The molecule has 0 radical (unpaired) electrons. The third-order valence-electron chi connectivity index (χ3n) is 4.53. The van der Waals surface area contributed by atoms with Crippen LogP contribution in [0.2, 0.25) is 0 Å². The fourth-order valence-electron chi connectivity index (χ4n) is 2.91. The molecule has 0 fully saturated rings. The highest BCUT2D eigenvalue weighted by atomic mass is 16.5. The van der Waals surface area contributed by atoms with Crippen molar-refractivity contribution < 1.29 is 14.3 Å². The second-order valence-electron chi connectivity index (χ2n) is 6.69. The maximum atomic E-state index is 13.0. The van der Waals surface area contributed by atoms with Gasteiger partial charge in [-0.3, -0.25) is 9.59 Å². The molecule has 150 valence electrons. The molecule has 0 saturated heterocycles. The summed E-state index contributed by atoms with van der Waals surface area (Å²) in [4.78, 5) is 27.3. The van der Waals surface area contributed by atoms with E-state index in [1.807, 2.05) is 67.6 Å². The normalized spacial score (nSPS) is 11.6. The number of rotatable bonds is 11. The summed E-state index contributed by atoms with van der Waals surface area (Å²) >= 11 is 0. The molecule has 0 aliphatic heterocycles. The first kappa shape index (κ1) is 21.6. The maximum Gasteiger partial charge on any atom is 0.242 e. The highest BCUT2D eigenvalue weighted by molar-refractivity contribution is 5.88. The van der Waals surface area contributed by atoms with Gasteiger partial charge in [0.05, 0.1) is 6.42 Å². The monoisotopic (exact) mass is 382 g/mol. The van der Waals surface area contributed by atoms with Gasteiger partial charge in [0.1, 0.15) is 6.04 Å². The van der Waals surface area contributed by atoms with Crippen LogP contribution in [0.4, 0.5) is 0 Å². The van der Waals surface area contributed by atoms with E-state index in [4.69, 9.17) is 4.74 Å². The van der Waals surface area contributed by atoms with Crippen molar-refractivity contribution in [1.82, 2.24) is 10.2 Å². The van der Waals surface area contributed by atoms with Crippen molar-refractivity contribution in [3.05, 3.63) is 71.8 Å². The molecule has 0 aliphatic carbocycles. The van der Waals surface area contributed by atoms with E-state index in [-0.39, 0.29) is 18.2 Å². The smallest absolute Gasteiger partial charge is 0.242 e. The van der Waals surface area contributed by atoms with Gasteiger partial charge >= 0.3 is 0 Å². The molecule has 5 heteroatoms. The van der Waals surface area contributed by atoms with Crippen molar-refractivity contribution in [2.75, 3.05) is 19.8 Å². The predicted octanol–water partition coefficient (Wildman–Crippen LogP) is 3.19. The molecule has 0 heterocycles. The zero-order valence-electron chi connectivity index (χ0n) is 16.8. The molecular weight excluding hydrogens is 352 g/mol. The van der Waals surface area contributed by atoms with E-state index in [9.17, 15) is 9.59 Å². The summed E-state index contributed by atoms with van der Waals surface area (Å²) in [7, 11) is 0. The summed E-state index contributed by atoms with van der Waals surface area (Å²) in [5.74, 6) is -0.208. The molecule has 1 N–H and O–H groups in total. The number of carbonyl (C=O) groups excluding carboxylic acids is 2. The number of nitrogens with one attached hydrogen (secondary N) is 1. The number of hydrogen-bond acceptors (Lipinski definition) is 3. The van der Waals surface area contributed by atoms with Crippen LogP contribution in [0.25, 0.3) is 0 Å². The molecule has 2 aromatic carbocycles. The Morgan fingerprint density at radius 2 is 1.61 bits per heavy atom. The fourth-order valence-corrected chi connectivity index (χ4v) is 2.91. The zero-order valence-corrected chi connectivity index (χ0v) is 16.8. The van der Waals surface area contributed by atoms with E-state index in [0.29, 0.717) is 26.3 Å². The van der Waals surface area contributed by atoms with Gasteiger partial charge in [0.15, 0.2) is 0 Å². The standard InChI is InChI=1S/C23H30N2O3/c1-3-28-16-10-15-24-23(27)19(2)25(18-21-13-8-5-9-14-21)22(26)17-20-11-6-4-7-12-20/h4-9,11-14,19H,3,10,15-18H2,1-2H3,(H,24,27)/t19-/m1/s1. The molecule has 2 aromatic rings. The van der Waals surface area contributed by atoms with Crippen molar-refractivity contribution in [1.29, 1.82) is 0 Å². The zero-order chi connectivity index (χ0) is 20.2. The molecule has 1 atom stereocenters. The quantitative estimate of drug-likeness (QED) is 0.607. The largest absolute Gasteiger partial charge is 0.382 e. The maximum absolute atomic E-state index is 13.0. The molecule has 2 rings (SSSR count). The van der Waals surface area contributed by atoms with Crippen LogP contribution < -0.4 is 5.32 Å². The van der Waals surface area contributed by atoms with Gasteiger partial charge in [0.25, 0.3) is 0 Å². The lowest BCUT2D eigenvalue weighted by atomic mass is 10.1.